The second-order valence-electron chi connectivity index (χ2n) is 8.15. The third-order valence-corrected chi connectivity index (χ3v) is 7.78. The third kappa shape index (κ3) is 5.25. The van der Waals surface area contributed by atoms with Crippen LogP contribution in [0.1, 0.15) is 37.9 Å². The molecule has 200 valence electrons. The maximum atomic E-state index is 13.9. The van der Waals surface area contributed by atoms with Crippen molar-refractivity contribution in [2.24, 2.45) is 4.99 Å². The number of nitrogens with zero attached hydrogens (tertiary/aromatic N) is 2. The minimum Gasteiger partial charge on any atom is -0.496 e. The first-order chi connectivity index (χ1) is 18.2. The molecule has 0 fully saturated rings. The number of fused-ring (bicyclic) bond motifs is 1. The quantitative estimate of drug-likeness (QED) is 0.341. The lowest BCUT2D eigenvalue weighted by Gasteiger charge is -2.26. The van der Waals surface area contributed by atoms with Crippen LogP contribution in [0.4, 0.5) is 0 Å². The average molecular weight is 622 g/mol. The Bertz CT molecular complexity index is 1610. The SMILES string of the molecule is CCOC(=O)C1=C(C)N=c2s/c(=C/c3cc(Cl)ccc3OC)c(=O)n2[C@H]1c1cc(OC)c(OCC)cc1Br. The van der Waals surface area contributed by atoms with Crippen LogP contribution in [0, 0.1) is 0 Å². The molecule has 0 aliphatic carbocycles. The summed E-state index contributed by atoms with van der Waals surface area (Å²) in [5.74, 6) is 1.02. The summed E-state index contributed by atoms with van der Waals surface area (Å²) in [6, 6.07) is 7.87. The zero-order valence-corrected chi connectivity index (χ0v) is 24.6. The molecule has 4 rings (SSSR count). The molecule has 0 radical (unpaired) electrons. The molecule has 1 aromatic heterocycles. The Kier molecular flexibility index (Phi) is 8.64. The zero-order chi connectivity index (χ0) is 27.6. The van der Waals surface area contributed by atoms with Crippen LogP contribution in [0.5, 0.6) is 17.2 Å². The third-order valence-electron chi connectivity index (χ3n) is 5.87. The molecule has 1 atom stereocenters. The number of halogens is 2. The van der Waals surface area contributed by atoms with Crippen molar-refractivity contribution in [3.8, 4) is 17.2 Å². The Balaban J connectivity index is 2.02. The molecule has 0 unspecified atom stereocenters. The van der Waals surface area contributed by atoms with Crippen LogP contribution in [-0.2, 0) is 9.53 Å². The maximum absolute atomic E-state index is 13.9. The maximum Gasteiger partial charge on any atom is 0.338 e. The van der Waals surface area contributed by atoms with Crippen molar-refractivity contribution in [2.45, 2.75) is 26.8 Å². The molecule has 0 bridgehead atoms. The van der Waals surface area contributed by atoms with E-state index in [2.05, 4.69) is 20.9 Å². The molecule has 1 aliphatic heterocycles. The highest BCUT2D eigenvalue weighted by molar-refractivity contribution is 9.10. The first-order valence-electron chi connectivity index (χ1n) is 11.8. The lowest BCUT2D eigenvalue weighted by molar-refractivity contribution is -0.139. The largest absolute Gasteiger partial charge is 0.496 e. The lowest BCUT2D eigenvalue weighted by Crippen LogP contribution is -2.40. The monoisotopic (exact) mass is 620 g/mol. The molecule has 0 spiro atoms. The standard InChI is InChI=1S/C27H26BrClN2O6S/c1-6-36-21-13-18(28)17(12-20(21)35-5)24-23(26(33)37-7-2)14(3)30-27-31(24)25(32)22(38-27)11-15-10-16(29)8-9-19(15)34-4/h8-13,24H,6-7H2,1-5H3/b22-11+/t24-/m0/s1. The van der Waals surface area contributed by atoms with E-state index in [0.717, 1.165) is 0 Å². The highest BCUT2D eigenvalue weighted by Gasteiger charge is 2.35. The Morgan fingerprint density at radius 3 is 2.53 bits per heavy atom. The van der Waals surface area contributed by atoms with Gasteiger partial charge < -0.3 is 18.9 Å². The number of allylic oxidation sites excluding steroid dienone is 1. The van der Waals surface area contributed by atoms with E-state index in [1.54, 1.807) is 57.4 Å². The number of hydrogen-bond donors (Lipinski definition) is 0. The first-order valence-corrected chi connectivity index (χ1v) is 13.8. The Labute approximate surface area is 236 Å². The summed E-state index contributed by atoms with van der Waals surface area (Å²) in [6.45, 7) is 5.95. The fourth-order valence-electron chi connectivity index (χ4n) is 4.23. The number of ether oxygens (including phenoxy) is 4. The van der Waals surface area contributed by atoms with Gasteiger partial charge in [-0.05, 0) is 62.7 Å². The van der Waals surface area contributed by atoms with Crippen LogP contribution in [0.2, 0.25) is 5.02 Å². The molecular formula is C27H26BrClN2O6S. The molecule has 38 heavy (non-hydrogen) atoms. The van der Waals surface area contributed by atoms with E-state index in [9.17, 15) is 9.59 Å². The molecule has 11 heteroatoms. The second kappa shape index (κ2) is 11.8. The van der Waals surface area contributed by atoms with Gasteiger partial charge in [0.15, 0.2) is 16.3 Å². The summed E-state index contributed by atoms with van der Waals surface area (Å²) in [5, 5.41) is 0.508. The molecule has 2 aromatic carbocycles. The number of thiazole rings is 1. The van der Waals surface area contributed by atoms with Gasteiger partial charge in [0.1, 0.15) is 5.75 Å². The molecule has 1 aliphatic rings. The average Bonchev–Trinajstić information content (AvgIpc) is 3.18. The van der Waals surface area contributed by atoms with Gasteiger partial charge in [-0.25, -0.2) is 9.79 Å². The Morgan fingerprint density at radius 2 is 1.87 bits per heavy atom. The predicted molar refractivity (Wildman–Crippen MR) is 150 cm³/mol. The highest BCUT2D eigenvalue weighted by atomic mass is 79.9. The van der Waals surface area contributed by atoms with Crippen molar-refractivity contribution >= 4 is 50.9 Å². The van der Waals surface area contributed by atoms with Gasteiger partial charge >= 0.3 is 5.97 Å². The van der Waals surface area contributed by atoms with E-state index in [4.69, 9.17) is 30.5 Å². The van der Waals surface area contributed by atoms with Crippen LogP contribution >= 0.6 is 38.9 Å². The molecule has 0 amide bonds. The molecule has 0 saturated carbocycles. The van der Waals surface area contributed by atoms with Crippen molar-refractivity contribution in [3.63, 3.8) is 0 Å². The summed E-state index contributed by atoms with van der Waals surface area (Å²) >= 11 is 11.0. The van der Waals surface area contributed by atoms with Gasteiger partial charge in [-0.2, -0.15) is 0 Å². The van der Waals surface area contributed by atoms with Gasteiger partial charge in [-0.1, -0.05) is 38.9 Å². The molecule has 0 N–H and O–H groups in total. The highest BCUT2D eigenvalue weighted by Crippen LogP contribution is 2.41. The fourth-order valence-corrected chi connectivity index (χ4v) is 5.99. The van der Waals surface area contributed by atoms with E-state index in [-0.39, 0.29) is 17.7 Å². The van der Waals surface area contributed by atoms with Crippen molar-refractivity contribution in [2.75, 3.05) is 27.4 Å². The van der Waals surface area contributed by atoms with Gasteiger partial charge in [0.25, 0.3) is 5.56 Å². The number of methoxy groups -OCH3 is 2. The molecule has 0 saturated heterocycles. The summed E-state index contributed by atoms with van der Waals surface area (Å²) in [4.78, 5) is 32.2. The molecule has 2 heterocycles. The van der Waals surface area contributed by atoms with Crippen molar-refractivity contribution in [3.05, 3.63) is 81.9 Å². The Hall–Kier alpha value is -3.08. The van der Waals surface area contributed by atoms with E-state index in [1.807, 2.05) is 6.92 Å². The van der Waals surface area contributed by atoms with E-state index in [0.29, 0.717) is 59.5 Å². The normalized spacial score (nSPS) is 15.1. The van der Waals surface area contributed by atoms with Gasteiger partial charge in [-0.3, -0.25) is 9.36 Å². The van der Waals surface area contributed by atoms with Crippen LogP contribution in [0.25, 0.3) is 6.08 Å². The summed E-state index contributed by atoms with van der Waals surface area (Å²) in [6.07, 6.45) is 1.71. The molecule has 3 aromatic rings. The Morgan fingerprint density at radius 1 is 1.13 bits per heavy atom. The van der Waals surface area contributed by atoms with Crippen LogP contribution < -0.4 is 29.1 Å². The lowest BCUT2D eigenvalue weighted by atomic mass is 9.95. The fraction of sp³-hybridized carbons (Fsp3) is 0.296. The topological polar surface area (TPSA) is 88.4 Å². The second-order valence-corrected chi connectivity index (χ2v) is 10.4. The first kappa shape index (κ1) is 27.9. The van der Waals surface area contributed by atoms with Crippen molar-refractivity contribution in [1.82, 2.24) is 4.57 Å². The number of hydrogen-bond acceptors (Lipinski definition) is 8. The van der Waals surface area contributed by atoms with Crippen LogP contribution in [-0.4, -0.2) is 38.0 Å². The number of aromatic nitrogens is 1. The summed E-state index contributed by atoms with van der Waals surface area (Å²) in [7, 11) is 3.08. The molecule has 8 nitrogen and oxygen atoms in total. The van der Waals surface area contributed by atoms with E-state index >= 15 is 0 Å². The molecular weight excluding hydrogens is 596 g/mol. The van der Waals surface area contributed by atoms with E-state index < -0.39 is 12.0 Å². The predicted octanol–water partition coefficient (Wildman–Crippen LogP) is 4.63. The smallest absolute Gasteiger partial charge is 0.338 e. The van der Waals surface area contributed by atoms with Gasteiger partial charge in [0.2, 0.25) is 0 Å². The van der Waals surface area contributed by atoms with Gasteiger partial charge in [0, 0.05) is 15.1 Å². The van der Waals surface area contributed by atoms with E-state index in [1.165, 1.54) is 23.0 Å². The number of carbonyl (C=O) groups excluding carboxylic acids is 1. The van der Waals surface area contributed by atoms with Crippen LogP contribution in [0.3, 0.4) is 0 Å². The number of benzene rings is 2. The van der Waals surface area contributed by atoms with Crippen molar-refractivity contribution < 1.29 is 23.7 Å². The number of carbonyl (C=O) groups is 1. The minimum absolute atomic E-state index is 0.176. The minimum atomic E-state index is -0.826. The van der Waals surface area contributed by atoms with Crippen LogP contribution in [0.15, 0.2) is 55.9 Å². The number of rotatable bonds is 8. The summed E-state index contributed by atoms with van der Waals surface area (Å²) in [5.41, 5.74) is 1.66. The van der Waals surface area contributed by atoms with Gasteiger partial charge in [0.05, 0.1) is 49.3 Å². The zero-order valence-electron chi connectivity index (χ0n) is 21.5. The summed E-state index contributed by atoms with van der Waals surface area (Å²) < 4.78 is 24.7. The number of esters is 1. The van der Waals surface area contributed by atoms with Crippen molar-refractivity contribution in [1.29, 1.82) is 0 Å². The van der Waals surface area contributed by atoms with Gasteiger partial charge in [-0.15, -0.1) is 0 Å².